The molecule has 0 aliphatic heterocycles. The van der Waals surface area contributed by atoms with Crippen LogP contribution in [0.25, 0.3) is 0 Å². The molecule has 0 aromatic carbocycles. The van der Waals surface area contributed by atoms with E-state index in [2.05, 4.69) is 15.9 Å². The minimum Gasteiger partial charge on any atom is -0.481 e. The van der Waals surface area contributed by atoms with Crippen LogP contribution in [0.3, 0.4) is 0 Å². The lowest BCUT2D eigenvalue weighted by Gasteiger charge is -1.96. The second-order valence-electron chi connectivity index (χ2n) is 3.49. The van der Waals surface area contributed by atoms with E-state index >= 15 is 0 Å². The van der Waals surface area contributed by atoms with Crippen molar-refractivity contribution in [3.63, 3.8) is 0 Å². The molecule has 0 amide bonds. The van der Waals surface area contributed by atoms with E-state index in [1.54, 1.807) is 11.3 Å². The molecule has 1 aromatic heterocycles. The molecule has 2 rings (SSSR count). The van der Waals surface area contributed by atoms with E-state index in [4.69, 9.17) is 5.11 Å². The lowest BCUT2D eigenvalue weighted by Crippen LogP contribution is -1.96. The van der Waals surface area contributed by atoms with Gasteiger partial charge in [-0.2, -0.15) is 0 Å². The van der Waals surface area contributed by atoms with Crippen molar-refractivity contribution in [3.05, 3.63) is 19.8 Å². The summed E-state index contributed by atoms with van der Waals surface area (Å²) in [6.45, 7) is 0. The molecule has 1 N–H and O–H groups in total. The Morgan fingerprint density at radius 3 is 2.93 bits per heavy atom. The molecule has 1 heterocycles. The van der Waals surface area contributed by atoms with Gasteiger partial charge in [-0.15, -0.1) is 11.3 Å². The summed E-state index contributed by atoms with van der Waals surface area (Å²) in [5.41, 5.74) is 1.43. The highest BCUT2D eigenvalue weighted by Crippen LogP contribution is 2.39. The van der Waals surface area contributed by atoms with Gasteiger partial charge in [-0.25, -0.2) is 0 Å². The van der Waals surface area contributed by atoms with E-state index in [1.165, 1.54) is 32.6 Å². The molecule has 0 spiro atoms. The Morgan fingerprint density at radius 1 is 1.50 bits per heavy atom. The maximum Gasteiger partial charge on any atom is 0.303 e. The molecule has 0 saturated heterocycles. The highest BCUT2D eigenvalue weighted by atomic mass is 79.9. The van der Waals surface area contributed by atoms with Crippen LogP contribution in [-0.4, -0.2) is 11.1 Å². The zero-order valence-electron chi connectivity index (χ0n) is 7.68. The number of rotatable bonds is 3. The van der Waals surface area contributed by atoms with Crippen molar-refractivity contribution in [2.24, 2.45) is 0 Å². The molecule has 0 saturated carbocycles. The number of aryl methyl sites for hydroxylation is 2. The van der Waals surface area contributed by atoms with Gasteiger partial charge in [0.2, 0.25) is 0 Å². The summed E-state index contributed by atoms with van der Waals surface area (Å²) >= 11 is 5.35. The van der Waals surface area contributed by atoms with Crippen LogP contribution >= 0.6 is 27.3 Å². The molecule has 4 heteroatoms. The summed E-state index contributed by atoms with van der Waals surface area (Å²) in [5, 5.41) is 8.60. The van der Waals surface area contributed by atoms with Gasteiger partial charge in [0.25, 0.3) is 0 Å². The Bertz CT molecular complexity index is 370. The summed E-state index contributed by atoms with van der Waals surface area (Å²) < 4.78 is 1.18. The summed E-state index contributed by atoms with van der Waals surface area (Å²) in [7, 11) is 0. The summed E-state index contributed by atoms with van der Waals surface area (Å²) in [5.74, 6) is -0.717. The van der Waals surface area contributed by atoms with E-state index in [0.717, 1.165) is 6.42 Å². The largest absolute Gasteiger partial charge is 0.481 e. The van der Waals surface area contributed by atoms with Gasteiger partial charge in [0.15, 0.2) is 0 Å². The van der Waals surface area contributed by atoms with Crippen molar-refractivity contribution in [2.45, 2.75) is 32.1 Å². The first kappa shape index (κ1) is 10.2. The number of carbonyl (C=O) groups is 1. The molecular weight excluding hydrogens is 264 g/mol. The quantitative estimate of drug-likeness (QED) is 0.920. The highest BCUT2D eigenvalue weighted by Gasteiger charge is 2.20. The molecule has 1 aromatic rings. The maximum atomic E-state index is 10.4. The van der Waals surface area contributed by atoms with Crippen molar-refractivity contribution in [3.8, 4) is 0 Å². The van der Waals surface area contributed by atoms with Crippen LogP contribution in [0.5, 0.6) is 0 Å². The van der Waals surface area contributed by atoms with Gasteiger partial charge in [-0.05, 0) is 47.2 Å². The summed E-state index contributed by atoms with van der Waals surface area (Å²) in [6.07, 6.45) is 4.47. The SMILES string of the molecule is O=C(O)CCc1sc2c(c1Br)CCC2. The van der Waals surface area contributed by atoms with Crippen molar-refractivity contribution < 1.29 is 9.90 Å². The lowest BCUT2D eigenvalue weighted by molar-refractivity contribution is -0.136. The summed E-state index contributed by atoms with van der Waals surface area (Å²) in [4.78, 5) is 13.1. The monoisotopic (exact) mass is 274 g/mol. The number of aliphatic carboxylic acids is 1. The Hall–Kier alpha value is -0.350. The molecule has 76 valence electrons. The van der Waals surface area contributed by atoms with E-state index in [0.29, 0.717) is 6.42 Å². The van der Waals surface area contributed by atoms with E-state index in [1.807, 2.05) is 0 Å². The number of carboxylic acids is 1. The standard InChI is InChI=1S/C10H11BrO2S/c11-10-6-2-1-3-7(6)14-8(10)4-5-9(12)13/h1-5H2,(H,12,13). The van der Waals surface area contributed by atoms with Crippen molar-refractivity contribution in [1.82, 2.24) is 0 Å². The lowest BCUT2D eigenvalue weighted by atomic mass is 10.2. The van der Waals surface area contributed by atoms with Gasteiger partial charge in [-0.3, -0.25) is 4.79 Å². The molecule has 1 aliphatic carbocycles. The van der Waals surface area contributed by atoms with Gasteiger partial charge in [0, 0.05) is 14.2 Å². The zero-order valence-corrected chi connectivity index (χ0v) is 10.1. The predicted molar refractivity (Wildman–Crippen MR) is 60.0 cm³/mol. The number of hydrogen-bond donors (Lipinski definition) is 1. The molecule has 0 fully saturated rings. The van der Waals surface area contributed by atoms with Gasteiger partial charge < -0.3 is 5.11 Å². The molecule has 0 radical (unpaired) electrons. The number of hydrogen-bond acceptors (Lipinski definition) is 2. The van der Waals surface area contributed by atoms with Gasteiger partial charge in [0.1, 0.15) is 0 Å². The second-order valence-corrected chi connectivity index (χ2v) is 5.47. The minimum absolute atomic E-state index is 0.234. The fourth-order valence-corrected chi connectivity index (χ4v) is 4.10. The average Bonchev–Trinajstić information content (AvgIpc) is 2.66. The van der Waals surface area contributed by atoms with Crippen LogP contribution in [0.15, 0.2) is 4.47 Å². The Morgan fingerprint density at radius 2 is 2.29 bits per heavy atom. The topological polar surface area (TPSA) is 37.3 Å². The zero-order chi connectivity index (χ0) is 10.1. The second kappa shape index (κ2) is 4.03. The third-order valence-corrected chi connectivity index (χ3v) is 5.06. The van der Waals surface area contributed by atoms with Crippen molar-refractivity contribution in [1.29, 1.82) is 0 Å². The fourth-order valence-electron chi connectivity index (χ4n) is 1.80. The number of fused-ring (bicyclic) bond motifs is 1. The minimum atomic E-state index is -0.717. The Kier molecular flexibility index (Phi) is 2.93. The third kappa shape index (κ3) is 1.86. The Balaban J connectivity index is 2.15. The smallest absolute Gasteiger partial charge is 0.303 e. The van der Waals surface area contributed by atoms with Crippen LogP contribution in [-0.2, 0) is 24.1 Å². The van der Waals surface area contributed by atoms with E-state index in [9.17, 15) is 4.79 Å². The maximum absolute atomic E-state index is 10.4. The molecule has 2 nitrogen and oxygen atoms in total. The molecule has 0 unspecified atom stereocenters. The van der Waals surface area contributed by atoms with E-state index < -0.39 is 5.97 Å². The van der Waals surface area contributed by atoms with Crippen LogP contribution in [0.2, 0.25) is 0 Å². The molecule has 14 heavy (non-hydrogen) atoms. The first-order valence-corrected chi connectivity index (χ1v) is 6.30. The van der Waals surface area contributed by atoms with Crippen LogP contribution in [0, 0.1) is 0 Å². The fraction of sp³-hybridized carbons (Fsp3) is 0.500. The Labute approximate surface area is 95.1 Å². The van der Waals surface area contributed by atoms with Gasteiger partial charge >= 0.3 is 5.97 Å². The van der Waals surface area contributed by atoms with Crippen molar-refractivity contribution >= 4 is 33.2 Å². The van der Waals surface area contributed by atoms with Crippen LogP contribution in [0.4, 0.5) is 0 Å². The third-order valence-electron chi connectivity index (χ3n) is 2.49. The molecule has 0 atom stereocenters. The first-order valence-electron chi connectivity index (χ1n) is 4.69. The van der Waals surface area contributed by atoms with Gasteiger partial charge in [-0.1, -0.05) is 0 Å². The predicted octanol–water partition coefficient (Wildman–Crippen LogP) is 3.02. The molecule has 1 aliphatic rings. The number of carboxylic acid groups (broad SMARTS) is 1. The molecular formula is C10H11BrO2S. The molecule has 0 bridgehead atoms. The van der Waals surface area contributed by atoms with Crippen molar-refractivity contribution in [2.75, 3.05) is 0 Å². The average molecular weight is 275 g/mol. The number of thiophene rings is 1. The highest BCUT2D eigenvalue weighted by molar-refractivity contribution is 9.10. The normalized spacial score (nSPS) is 14.4. The van der Waals surface area contributed by atoms with Gasteiger partial charge in [0.05, 0.1) is 6.42 Å². The van der Waals surface area contributed by atoms with E-state index in [-0.39, 0.29) is 6.42 Å². The summed E-state index contributed by atoms with van der Waals surface area (Å²) in [6, 6.07) is 0. The van der Waals surface area contributed by atoms with Crippen LogP contribution < -0.4 is 0 Å². The number of halogens is 1. The first-order chi connectivity index (χ1) is 6.68. The van der Waals surface area contributed by atoms with Crippen LogP contribution in [0.1, 0.15) is 28.2 Å².